The van der Waals surface area contributed by atoms with Gasteiger partial charge in [0.15, 0.2) is 0 Å². The molecule has 0 aliphatic heterocycles. The monoisotopic (exact) mass is 391 g/mol. The van der Waals surface area contributed by atoms with Crippen molar-refractivity contribution >= 4 is 23.4 Å². The Morgan fingerprint density at radius 3 is 2.52 bits per heavy atom. The lowest BCUT2D eigenvalue weighted by atomic mass is 10.2. The average Bonchev–Trinajstić information content (AvgIpc) is 3.15. The predicted molar refractivity (Wildman–Crippen MR) is 96.9 cm³/mol. The number of alkyl halides is 2. The highest BCUT2D eigenvalue weighted by atomic mass is 32.2. The van der Waals surface area contributed by atoms with Gasteiger partial charge in [0.1, 0.15) is 5.75 Å². The zero-order valence-corrected chi connectivity index (χ0v) is 15.0. The lowest BCUT2D eigenvalue weighted by molar-refractivity contribution is -0.115. The van der Waals surface area contributed by atoms with Crippen molar-refractivity contribution in [2.45, 2.75) is 11.8 Å². The number of para-hydroxylation sites is 1. The predicted octanol–water partition coefficient (Wildman–Crippen LogP) is 4.09. The summed E-state index contributed by atoms with van der Waals surface area (Å²) in [6, 6.07) is 15.1. The molecule has 27 heavy (non-hydrogen) atoms. The number of hydrogen-bond donors (Lipinski definition) is 0. The van der Waals surface area contributed by atoms with E-state index in [1.807, 2.05) is 30.3 Å². The summed E-state index contributed by atoms with van der Waals surface area (Å²) in [6.45, 7) is -2.88. The number of aromatic nitrogens is 2. The van der Waals surface area contributed by atoms with Crippen LogP contribution >= 0.6 is 11.8 Å². The minimum atomic E-state index is -2.88. The zero-order chi connectivity index (χ0) is 19.2. The van der Waals surface area contributed by atoms with Crippen LogP contribution in [0.4, 0.5) is 14.5 Å². The maximum atomic E-state index is 12.3. The number of amides is 1. The van der Waals surface area contributed by atoms with Crippen molar-refractivity contribution < 1.29 is 22.7 Å². The molecule has 1 heterocycles. The number of carbonyl (C=O) groups is 1. The van der Waals surface area contributed by atoms with E-state index in [1.54, 1.807) is 11.9 Å². The molecule has 0 spiro atoms. The second-order valence-corrected chi connectivity index (χ2v) is 6.28. The minimum Gasteiger partial charge on any atom is -0.435 e. The van der Waals surface area contributed by atoms with E-state index in [9.17, 15) is 13.6 Å². The summed E-state index contributed by atoms with van der Waals surface area (Å²) in [5.41, 5.74) is 1.35. The third-order valence-corrected chi connectivity index (χ3v) is 4.37. The Bertz CT molecular complexity index is 888. The molecule has 0 aliphatic rings. The SMILES string of the molecule is CN(C(=O)CSc1nnc(-c2ccc(OC(F)F)cc2)o1)c1ccccc1. The van der Waals surface area contributed by atoms with Crippen LogP contribution in [-0.2, 0) is 4.79 Å². The molecule has 140 valence electrons. The van der Waals surface area contributed by atoms with Crippen molar-refractivity contribution in [3.8, 4) is 17.2 Å². The van der Waals surface area contributed by atoms with Crippen LogP contribution in [0, 0.1) is 0 Å². The first-order chi connectivity index (χ1) is 13.0. The highest BCUT2D eigenvalue weighted by Gasteiger charge is 2.15. The van der Waals surface area contributed by atoms with Gasteiger partial charge in [-0.3, -0.25) is 4.79 Å². The van der Waals surface area contributed by atoms with Crippen LogP contribution < -0.4 is 9.64 Å². The zero-order valence-electron chi connectivity index (χ0n) is 14.2. The quantitative estimate of drug-likeness (QED) is 0.565. The van der Waals surface area contributed by atoms with Gasteiger partial charge in [-0.25, -0.2) is 0 Å². The molecule has 0 bridgehead atoms. The Hall–Kier alpha value is -2.94. The number of anilines is 1. The second-order valence-electron chi connectivity index (χ2n) is 5.35. The first-order valence-corrected chi connectivity index (χ1v) is 8.84. The van der Waals surface area contributed by atoms with Crippen LogP contribution in [0.2, 0.25) is 0 Å². The molecule has 0 saturated carbocycles. The molecule has 0 N–H and O–H groups in total. The minimum absolute atomic E-state index is 0.0393. The Morgan fingerprint density at radius 2 is 1.85 bits per heavy atom. The van der Waals surface area contributed by atoms with Crippen molar-refractivity contribution in [2.75, 3.05) is 17.7 Å². The Morgan fingerprint density at radius 1 is 1.15 bits per heavy atom. The average molecular weight is 391 g/mol. The first-order valence-electron chi connectivity index (χ1n) is 7.86. The molecule has 1 amide bonds. The number of rotatable bonds is 7. The largest absolute Gasteiger partial charge is 0.435 e. The van der Waals surface area contributed by atoms with Crippen molar-refractivity contribution in [1.29, 1.82) is 0 Å². The highest BCUT2D eigenvalue weighted by molar-refractivity contribution is 7.99. The smallest absolute Gasteiger partial charge is 0.387 e. The molecule has 6 nitrogen and oxygen atoms in total. The summed E-state index contributed by atoms with van der Waals surface area (Å²) in [6.07, 6.45) is 0. The van der Waals surface area contributed by atoms with Crippen LogP contribution in [0.15, 0.2) is 64.2 Å². The van der Waals surface area contributed by atoms with Gasteiger partial charge in [-0.1, -0.05) is 30.0 Å². The lowest BCUT2D eigenvalue weighted by Gasteiger charge is -2.16. The van der Waals surface area contributed by atoms with Gasteiger partial charge in [0.2, 0.25) is 11.8 Å². The first kappa shape index (κ1) is 18.8. The fourth-order valence-corrected chi connectivity index (χ4v) is 2.86. The van der Waals surface area contributed by atoms with Crippen molar-refractivity contribution in [3.63, 3.8) is 0 Å². The number of benzene rings is 2. The second kappa shape index (κ2) is 8.63. The highest BCUT2D eigenvalue weighted by Crippen LogP contribution is 2.26. The molecule has 3 rings (SSSR count). The van der Waals surface area contributed by atoms with E-state index < -0.39 is 6.61 Å². The summed E-state index contributed by atoms with van der Waals surface area (Å²) in [7, 11) is 1.69. The maximum Gasteiger partial charge on any atom is 0.387 e. The molecule has 0 aliphatic carbocycles. The van der Waals surface area contributed by atoms with Gasteiger partial charge in [-0.2, -0.15) is 8.78 Å². The van der Waals surface area contributed by atoms with Crippen LogP contribution in [0.5, 0.6) is 5.75 Å². The molecule has 0 fully saturated rings. The van der Waals surface area contributed by atoms with E-state index in [4.69, 9.17) is 4.42 Å². The van der Waals surface area contributed by atoms with E-state index in [0.717, 1.165) is 17.4 Å². The van der Waals surface area contributed by atoms with Crippen molar-refractivity contribution in [2.24, 2.45) is 0 Å². The fourth-order valence-electron chi connectivity index (χ4n) is 2.18. The Labute approximate surface area is 158 Å². The summed E-state index contributed by atoms with van der Waals surface area (Å²) in [5.74, 6) is 0.288. The number of carbonyl (C=O) groups excluding carboxylic acids is 1. The van der Waals surface area contributed by atoms with Gasteiger partial charge in [0.25, 0.3) is 5.22 Å². The standard InChI is InChI=1S/C18H15F2N3O3S/c1-23(13-5-3-2-4-6-13)15(24)11-27-18-22-21-16(26-18)12-7-9-14(10-8-12)25-17(19)20/h2-10,17H,11H2,1H3. The molecule has 0 atom stereocenters. The normalized spacial score (nSPS) is 10.8. The number of hydrogen-bond acceptors (Lipinski definition) is 6. The summed E-state index contributed by atoms with van der Waals surface area (Å²) in [4.78, 5) is 13.8. The maximum absolute atomic E-state index is 12.3. The van der Waals surface area contributed by atoms with E-state index in [0.29, 0.717) is 5.56 Å². The summed E-state index contributed by atoms with van der Waals surface area (Å²) in [5, 5.41) is 8.04. The van der Waals surface area contributed by atoms with Gasteiger partial charge in [0, 0.05) is 18.3 Å². The van der Waals surface area contributed by atoms with Gasteiger partial charge in [-0.15, -0.1) is 10.2 Å². The number of halogens is 2. The molecule has 3 aromatic rings. The molecule has 0 radical (unpaired) electrons. The van der Waals surface area contributed by atoms with Gasteiger partial charge in [-0.05, 0) is 36.4 Å². The molecule has 0 saturated heterocycles. The van der Waals surface area contributed by atoms with E-state index in [1.165, 1.54) is 24.3 Å². The molecule has 2 aromatic carbocycles. The molecule has 0 unspecified atom stereocenters. The van der Waals surface area contributed by atoms with Crippen LogP contribution in [0.3, 0.4) is 0 Å². The van der Waals surface area contributed by atoms with Gasteiger partial charge in [0.05, 0.1) is 5.75 Å². The van der Waals surface area contributed by atoms with E-state index in [-0.39, 0.29) is 28.5 Å². The Kier molecular flexibility index (Phi) is 6.02. The van der Waals surface area contributed by atoms with Crippen LogP contribution in [-0.4, -0.2) is 35.5 Å². The van der Waals surface area contributed by atoms with Crippen molar-refractivity contribution in [3.05, 3.63) is 54.6 Å². The third-order valence-electron chi connectivity index (χ3n) is 3.57. The number of thioether (sulfide) groups is 1. The Balaban J connectivity index is 1.58. The fraction of sp³-hybridized carbons (Fsp3) is 0.167. The third kappa shape index (κ3) is 5.04. The topological polar surface area (TPSA) is 68.5 Å². The van der Waals surface area contributed by atoms with Gasteiger partial charge >= 0.3 is 6.61 Å². The van der Waals surface area contributed by atoms with Gasteiger partial charge < -0.3 is 14.1 Å². The number of nitrogens with zero attached hydrogens (tertiary/aromatic N) is 3. The van der Waals surface area contributed by atoms with E-state index in [2.05, 4.69) is 14.9 Å². The van der Waals surface area contributed by atoms with Crippen LogP contribution in [0.25, 0.3) is 11.5 Å². The molecular formula is C18H15F2N3O3S. The van der Waals surface area contributed by atoms with Crippen molar-refractivity contribution in [1.82, 2.24) is 10.2 Å². The summed E-state index contributed by atoms with van der Waals surface area (Å²) >= 11 is 1.12. The van der Waals surface area contributed by atoms with Crippen LogP contribution in [0.1, 0.15) is 0 Å². The molecule has 9 heteroatoms. The van der Waals surface area contributed by atoms with E-state index >= 15 is 0 Å². The molecular weight excluding hydrogens is 376 g/mol. The molecule has 1 aromatic heterocycles. The summed E-state index contributed by atoms with van der Waals surface area (Å²) < 4.78 is 34.1. The number of ether oxygens (including phenoxy) is 1. The lowest BCUT2D eigenvalue weighted by Crippen LogP contribution is -2.27.